The number of benzene rings is 1. The minimum absolute atomic E-state index is 0.0107. The Morgan fingerprint density at radius 1 is 1.10 bits per heavy atom. The summed E-state index contributed by atoms with van der Waals surface area (Å²) >= 11 is 0. The van der Waals surface area contributed by atoms with Gasteiger partial charge in [-0.05, 0) is 57.2 Å². The first-order chi connectivity index (χ1) is 14.5. The third kappa shape index (κ3) is 4.50. The van der Waals surface area contributed by atoms with Crippen LogP contribution in [-0.2, 0) is 4.79 Å². The molecule has 0 unspecified atom stereocenters. The number of hydrogen-bond donors (Lipinski definition) is 0. The van der Waals surface area contributed by atoms with E-state index >= 15 is 0 Å². The van der Waals surface area contributed by atoms with Crippen molar-refractivity contribution in [1.29, 1.82) is 0 Å². The van der Waals surface area contributed by atoms with Crippen LogP contribution in [0, 0.1) is 13.8 Å². The van der Waals surface area contributed by atoms with Gasteiger partial charge in [0.15, 0.2) is 18.2 Å². The van der Waals surface area contributed by atoms with Crippen LogP contribution in [0.15, 0.2) is 28.7 Å². The highest BCUT2D eigenvalue weighted by Crippen LogP contribution is 2.29. The van der Waals surface area contributed by atoms with Gasteiger partial charge >= 0.3 is 0 Å². The van der Waals surface area contributed by atoms with Crippen LogP contribution in [-0.4, -0.2) is 59.4 Å². The Kier molecular flexibility index (Phi) is 6.06. The number of rotatable bonds is 5. The molecule has 3 heterocycles. The van der Waals surface area contributed by atoms with Crippen LogP contribution >= 0.6 is 0 Å². The van der Waals surface area contributed by atoms with Crippen LogP contribution in [0.3, 0.4) is 0 Å². The first kappa shape index (κ1) is 20.4. The topological polar surface area (TPSA) is 75.9 Å². The summed E-state index contributed by atoms with van der Waals surface area (Å²) in [6, 6.07) is 7.69. The van der Waals surface area contributed by atoms with Crippen molar-refractivity contribution in [2.45, 2.75) is 45.4 Å². The van der Waals surface area contributed by atoms with Crippen LogP contribution in [0.2, 0.25) is 0 Å². The molecule has 2 aliphatic heterocycles. The third-order valence-corrected chi connectivity index (χ3v) is 5.96. The molecule has 0 saturated carbocycles. The molecule has 2 amide bonds. The van der Waals surface area contributed by atoms with Crippen molar-refractivity contribution < 1.29 is 18.7 Å². The lowest BCUT2D eigenvalue weighted by Gasteiger charge is -2.30. The smallest absolute Gasteiger partial charge is 0.276 e. The van der Waals surface area contributed by atoms with E-state index in [1.54, 1.807) is 6.92 Å². The summed E-state index contributed by atoms with van der Waals surface area (Å²) < 4.78 is 11.5. The molecule has 2 saturated heterocycles. The first-order valence-electron chi connectivity index (χ1n) is 10.7. The molecule has 0 radical (unpaired) electrons. The molecule has 2 aliphatic rings. The van der Waals surface area contributed by atoms with Gasteiger partial charge in [-0.2, -0.15) is 0 Å². The molecule has 4 rings (SSSR count). The molecule has 1 aromatic carbocycles. The van der Waals surface area contributed by atoms with E-state index in [2.05, 4.69) is 4.98 Å². The van der Waals surface area contributed by atoms with E-state index < -0.39 is 0 Å². The SMILES string of the molecule is Cc1cccc(OCC(=O)N2CCC(c3nc(C(=O)N4CCCC4)c(C)o3)CC2)c1. The number of ether oxygens (including phenoxy) is 1. The van der Waals surface area contributed by atoms with Crippen molar-refractivity contribution in [3.8, 4) is 5.75 Å². The van der Waals surface area contributed by atoms with Crippen LogP contribution in [0.5, 0.6) is 5.75 Å². The number of amides is 2. The lowest BCUT2D eigenvalue weighted by atomic mass is 9.97. The van der Waals surface area contributed by atoms with Crippen molar-refractivity contribution >= 4 is 11.8 Å². The summed E-state index contributed by atoms with van der Waals surface area (Å²) in [5.74, 6) is 2.02. The fourth-order valence-corrected chi connectivity index (χ4v) is 4.18. The van der Waals surface area contributed by atoms with Crippen LogP contribution in [0.1, 0.15) is 59.3 Å². The van der Waals surface area contributed by atoms with Gasteiger partial charge in [-0.15, -0.1) is 0 Å². The minimum atomic E-state index is -0.0269. The predicted octanol–water partition coefficient (Wildman–Crippen LogP) is 3.31. The first-order valence-corrected chi connectivity index (χ1v) is 10.7. The van der Waals surface area contributed by atoms with E-state index in [0.717, 1.165) is 44.3 Å². The lowest BCUT2D eigenvalue weighted by molar-refractivity contribution is -0.134. The Labute approximate surface area is 177 Å². The third-order valence-electron chi connectivity index (χ3n) is 5.96. The maximum Gasteiger partial charge on any atom is 0.276 e. The predicted molar refractivity (Wildman–Crippen MR) is 112 cm³/mol. The number of piperidine rings is 1. The van der Waals surface area contributed by atoms with Crippen molar-refractivity contribution in [1.82, 2.24) is 14.8 Å². The maximum absolute atomic E-state index is 12.7. The van der Waals surface area contributed by atoms with Gasteiger partial charge < -0.3 is 19.0 Å². The lowest BCUT2D eigenvalue weighted by Crippen LogP contribution is -2.40. The van der Waals surface area contributed by atoms with E-state index in [1.807, 2.05) is 41.0 Å². The molecule has 0 aliphatic carbocycles. The number of aryl methyl sites for hydroxylation is 2. The molecule has 0 atom stereocenters. The molecule has 2 aromatic rings. The van der Waals surface area contributed by atoms with Crippen molar-refractivity contribution in [3.63, 3.8) is 0 Å². The number of likely N-dealkylation sites (tertiary alicyclic amines) is 2. The van der Waals surface area contributed by atoms with Gasteiger partial charge in [-0.1, -0.05) is 12.1 Å². The second-order valence-corrected chi connectivity index (χ2v) is 8.22. The van der Waals surface area contributed by atoms with Crippen LogP contribution in [0.25, 0.3) is 0 Å². The molecule has 1 aromatic heterocycles. The Morgan fingerprint density at radius 2 is 1.83 bits per heavy atom. The molecule has 0 spiro atoms. The average molecular weight is 412 g/mol. The van der Waals surface area contributed by atoms with Crippen molar-refractivity contribution in [2.24, 2.45) is 0 Å². The van der Waals surface area contributed by atoms with Gasteiger partial charge in [0.05, 0.1) is 0 Å². The van der Waals surface area contributed by atoms with Crippen LogP contribution in [0.4, 0.5) is 0 Å². The molecular formula is C23H29N3O4. The molecule has 30 heavy (non-hydrogen) atoms. The molecular weight excluding hydrogens is 382 g/mol. The molecule has 7 nitrogen and oxygen atoms in total. The summed E-state index contributed by atoms with van der Waals surface area (Å²) in [4.78, 5) is 33.4. The van der Waals surface area contributed by atoms with E-state index in [1.165, 1.54) is 0 Å². The molecule has 0 N–H and O–H groups in total. The Balaban J connectivity index is 1.30. The Hall–Kier alpha value is -2.83. The number of carbonyl (C=O) groups excluding carboxylic acids is 2. The zero-order valence-corrected chi connectivity index (χ0v) is 17.7. The summed E-state index contributed by atoms with van der Waals surface area (Å²) in [5, 5.41) is 0. The molecule has 0 bridgehead atoms. The number of aromatic nitrogens is 1. The van der Waals surface area contributed by atoms with Gasteiger partial charge in [-0.25, -0.2) is 4.98 Å². The van der Waals surface area contributed by atoms with E-state index in [4.69, 9.17) is 9.15 Å². The van der Waals surface area contributed by atoms with Gasteiger partial charge in [0.1, 0.15) is 11.5 Å². The number of hydrogen-bond acceptors (Lipinski definition) is 5. The summed E-state index contributed by atoms with van der Waals surface area (Å²) in [5.41, 5.74) is 1.54. The maximum atomic E-state index is 12.7. The standard InChI is InChI=1S/C23H29N3O4/c1-16-6-5-7-19(14-16)29-15-20(27)25-12-8-18(9-13-25)22-24-21(17(2)30-22)23(28)26-10-3-4-11-26/h5-7,14,18H,3-4,8-13,15H2,1-2H3. The summed E-state index contributed by atoms with van der Waals surface area (Å²) in [7, 11) is 0. The van der Waals surface area contributed by atoms with Crippen molar-refractivity contribution in [3.05, 3.63) is 47.2 Å². The molecule has 7 heteroatoms. The highest BCUT2D eigenvalue weighted by molar-refractivity contribution is 5.93. The highest BCUT2D eigenvalue weighted by Gasteiger charge is 2.30. The highest BCUT2D eigenvalue weighted by atomic mass is 16.5. The number of nitrogens with zero attached hydrogens (tertiary/aromatic N) is 3. The zero-order valence-electron chi connectivity index (χ0n) is 17.7. The van der Waals surface area contributed by atoms with Gasteiger partial charge in [0, 0.05) is 32.1 Å². The fraction of sp³-hybridized carbons (Fsp3) is 0.522. The number of oxazole rings is 1. The quantitative estimate of drug-likeness (QED) is 0.755. The van der Waals surface area contributed by atoms with Crippen LogP contribution < -0.4 is 4.74 Å². The molecule has 160 valence electrons. The van der Waals surface area contributed by atoms with Gasteiger partial charge in [-0.3, -0.25) is 9.59 Å². The van der Waals surface area contributed by atoms with Gasteiger partial charge in [0.2, 0.25) is 0 Å². The molecule has 2 fully saturated rings. The average Bonchev–Trinajstić information content (AvgIpc) is 3.42. The fourth-order valence-electron chi connectivity index (χ4n) is 4.18. The van der Waals surface area contributed by atoms with E-state index in [9.17, 15) is 9.59 Å². The number of carbonyl (C=O) groups is 2. The second kappa shape index (κ2) is 8.90. The summed E-state index contributed by atoms with van der Waals surface area (Å²) in [6.07, 6.45) is 3.64. The summed E-state index contributed by atoms with van der Waals surface area (Å²) in [6.45, 7) is 6.71. The Bertz CT molecular complexity index is 909. The largest absolute Gasteiger partial charge is 0.484 e. The van der Waals surface area contributed by atoms with Gasteiger partial charge in [0.25, 0.3) is 11.8 Å². The zero-order chi connectivity index (χ0) is 21.1. The normalized spacial score (nSPS) is 17.4. The second-order valence-electron chi connectivity index (χ2n) is 8.22. The van der Waals surface area contributed by atoms with Crippen molar-refractivity contribution in [2.75, 3.05) is 32.8 Å². The van der Waals surface area contributed by atoms with E-state index in [0.29, 0.717) is 36.2 Å². The minimum Gasteiger partial charge on any atom is -0.484 e. The monoisotopic (exact) mass is 411 g/mol. The van der Waals surface area contributed by atoms with E-state index in [-0.39, 0.29) is 24.3 Å². The Morgan fingerprint density at radius 3 is 2.53 bits per heavy atom.